The highest BCUT2D eigenvalue weighted by Crippen LogP contribution is 2.44. The number of carbonyl (C=O) groups excluding carboxylic acids is 2. The number of rotatable bonds is 14. The second kappa shape index (κ2) is 15.2. The van der Waals surface area contributed by atoms with Crippen LogP contribution in [0.25, 0.3) is 0 Å². The largest absolute Gasteiger partial charge is 0.459 e. The average molecular weight is 639 g/mol. The van der Waals surface area contributed by atoms with Gasteiger partial charge >= 0.3 is 24.3 Å². The molecule has 0 aliphatic rings. The van der Waals surface area contributed by atoms with Gasteiger partial charge in [0.25, 0.3) is 11.2 Å². The van der Waals surface area contributed by atoms with Crippen molar-refractivity contribution in [1.82, 2.24) is 0 Å². The van der Waals surface area contributed by atoms with Gasteiger partial charge in [-0.1, -0.05) is 103 Å². The van der Waals surface area contributed by atoms with Crippen LogP contribution in [0.5, 0.6) is 0 Å². The van der Waals surface area contributed by atoms with Gasteiger partial charge in [-0.25, -0.2) is 9.59 Å². The molecule has 0 unspecified atom stereocenters. The van der Waals surface area contributed by atoms with Crippen molar-refractivity contribution >= 4 is 11.9 Å². The molecular formula is C33H32F6O6. The quantitative estimate of drug-likeness (QED) is 0.105. The van der Waals surface area contributed by atoms with E-state index in [0.717, 1.165) is 44.0 Å². The first kappa shape index (κ1) is 35.3. The first-order valence-electron chi connectivity index (χ1n) is 13.8. The molecule has 0 aromatic heterocycles. The number of hydrogen-bond donors (Lipinski definition) is 0. The molecule has 242 valence electrons. The minimum atomic E-state index is -5.18. The molecular weight excluding hydrogens is 606 g/mol. The van der Waals surface area contributed by atoms with Crippen LogP contribution in [-0.2, 0) is 46.2 Å². The Labute approximate surface area is 256 Å². The molecule has 3 rings (SSSR count). The number of ether oxygens (including phenoxy) is 4. The van der Waals surface area contributed by atoms with Gasteiger partial charge in [-0.2, -0.15) is 26.3 Å². The Balaban J connectivity index is 1.79. The zero-order chi connectivity index (χ0) is 33.1. The van der Waals surface area contributed by atoms with Crippen LogP contribution in [0.3, 0.4) is 0 Å². The maximum atomic E-state index is 14.4. The lowest BCUT2D eigenvalue weighted by atomic mass is 9.92. The minimum Gasteiger partial charge on any atom is -0.459 e. The van der Waals surface area contributed by atoms with Gasteiger partial charge in [-0.05, 0) is 18.4 Å². The van der Waals surface area contributed by atoms with E-state index >= 15 is 0 Å². The Hall–Kier alpha value is -4.16. The summed E-state index contributed by atoms with van der Waals surface area (Å²) in [4.78, 5) is 26.0. The number of esters is 2. The molecule has 0 heterocycles. The van der Waals surface area contributed by atoms with Crippen LogP contribution in [-0.4, -0.2) is 51.2 Å². The lowest BCUT2D eigenvalue weighted by Crippen LogP contribution is -2.52. The first-order valence-corrected chi connectivity index (χ1v) is 13.8. The Kier molecular flexibility index (Phi) is 11.9. The van der Waals surface area contributed by atoms with Crippen LogP contribution in [0.15, 0.2) is 103 Å². The van der Waals surface area contributed by atoms with Crippen molar-refractivity contribution in [3.8, 4) is 0 Å². The Morgan fingerprint density at radius 1 is 0.667 bits per heavy atom. The van der Waals surface area contributed by atoms with Gasteiger partial charge in [-0.3, -0.25) is 0 Å². The molecule has 0 N–H and O–H groups in total. The zero-order valence-corrected chi connectivity index (χ0v) is 24.4. The van der Waals surface area contributed by atoms with Crippen molar-refractivity contribution in [3.63, 3.8) is 0 Å². The normalized spacial score (nSPS) is 15.6. The summed E-state index contributed by atoms with van der Waals surface area (Å²) >= 11 is 0. The van der Waals surface area contributed by atoms with Crippen molar-refractivity contribution < 1.29 is 54.9 Å². The van der Waals surface area contributed by atoms with E-state index in [9.17, 15) is 35.9 Å². The third-order valence-corrected chi connectivity index (χ3v) is 7.09. The number of methoxy groups -OCH3 is 2. The van der Waals surface area contributed by atoms with E-state index < -0.39 is 59.3 Å². The fourth-order valence-corrected chi connectivity index (χ4v) is 4.75. The molecule has 0 saturated heterocycles. The van der Waals surface area contributed by atoms with Gasteiger partial charge in [0, 0.05) is 31.8 Å². The molecule has 6 nitrogen and oxygen atoms in total. The van der Waals surface area contributed by atoms with Crippen LogP contribution < -0.4 is 0 Å². The molecule has 3 aromatic rings. The zero-order valence-electron chi connectivity index (χ0n) is 24.4. The highest BCUT2D eigenvalue weighted by Gasteiger charge is 2.65. The maximum Gasteiger partial charge on any atom is 0.432 e. The van der Waals surface area contributed by atoms with Crippen molar-refractivity contribution in [1.29, 1.82) is 0 Å². The number of alkyl halides is 6. The maximum absolute atomic E-state index is 14.4. The summed E-state index contributed by atoms with van der Waals surface area (Å²) in [5, 5.41) is 0. The van der Waals surface area contributed by atoms with E-state index in [1.165, 1.54) is 48.6 Å². The Morgan fingerprint density at radius 3 is 1.56 bits per heavy atom. The predicted octanol–water partition coefficient (Wildman–Crippen LogP) is 7.23. The summed E-state index contributed by atoms with van der Waals surface area (Å²) in [5.41, 5.74) is -6.91. The second-order valence-electron chi connectivity index (χ2n) is 9.86. The second-order valence-corrected chi connectivity index (χ2v) is 9.86. The van der Waals surface area contributed by atoms with Crippen molar-refractivity contribution in [2.24, 2.45) is 0 Å². The highest BCUT2D eigenvalue weighted by atomic mass is 19.4. The van der Waals surface area contributed by atoms with E-state index in [1.54, 1.807) is 30.3 Å². The van der Waals surface area contributed by atoms with E-state index in [0.29, 0.717) is 6.42 Å². The van der Waals surface area contributed by atoms with Gasteiger partial charge in [0.15, 0.2) is 0 Å². The van der Waals surface area contributed by atoms with Gasteiger partial charge in [0.05, 0.1) is 0 Å². The van der Waals surface area contributed by atoms with Crippen molar-refractivity contribution in [3.05, 3.63) is 120 Å². The molecule has 0 radical (unpaired) electrons. The number of hydrogen-bond acceptors (Lipinski definition) is 6. The van der Waals surface area contributed by atoms with Crippen LogP contribution in [0.4, 0.5) is 26.3 Å². The van der Waals surface area contributed by atoms with Crippen LogP contribution in [0.2, 0.25) is 0 Å². The van der Waals surface area contributed by atoms with Crippen molar-refractivity contribution in [2.75, 3.05) is 20.8 Å². The fraction of sp³-hybridized carbons (Fsp3) is 0.333. The summed E-state index contributed by atoms with van der Waals surface area (Å²) in [6.07, 6.45) is -8.62. The topological polar surface area (TPSA) is 71.1 Å². The lowest BCUT2D eigenvalue weighted by molar-refractivity contribution is -0.278. The number of halogens is 6. The SMILES string of the molecule is CO[C@@](C(=O)OC/C=C\C[C@H](CCc1ccccc1)OC(=O)[C@](OC)(c1ccccc1)C(F)(F)F)(c1ccccc1)C(F)(F)F. The molecule has 12 heteroatoms. The summed E-state index contributed by atoms with van der Waals surface area (Å²) in [7, 11) is 1.49. The predicted molar refractivity (Wildman–Crippen MR) is 152 cm³/mol. The Bertz CT molecular complexity index is 1400. The number of aryl methyl sites for hydroxylation is 1. The summed E-state index contributed by atoms with van der Waals surface area (Å²) in [6.45, 7) is -0.624. The lowest BCUT2D eigenvalue weighted by Gasteiger charge is -2.33. The molecule has 0 aliphatic heterocycles. The Morgan fingerprint density at radius 2 is 1.11 bits per heavy atom. The molecule has 45 heavy (non-hydrogen) atoms. The van der Waals surface area contributed by atoms with Crippen LogP contribution in [0.1, 0.15) is 29.5 Å². The average Bonchev–Trinajstić information content (AvgIpc) is 3.01. The molecule has 3 aromatic carbocycles. The monoisotopic (exact) mass is 638 g/mol. The third-order valence-electron chi connectivity index (χ3n) is 7.09. The van der Waals surface area contributed by atoms with Gasteiger partial charge in [-0.15, -0.1) is 0 Å². The molecule has 0 amide bonds. The molecule has 0 bridgehead atoms. The third kappa shape index (κ3) is 7.93. The van der Waals surface area contributed by atoms with Crippen molar-refractivity contribution in [2.45, 2.75) is 48.9 Å². The van der Waals surface area contributed by atoms with Gasteiger partial charge < -0.3 is 18.9 Å². The first-order chi connectivity index (χ1) is 21.3. The van der Waals surface area contributed by atoms with E-state index in [1.807, 2.05) is 0 Å². The molecule has 0 fully saturated rings. The standard InChI is InChI=1S/C33H32F6O6/c1-42-30(32(34,35)36,25-16-8-4-9-17-25)28(40)44-23-13-12-20-27(22-21-24-14-6-3-7-15-24)45-29(41)31(43-2,33(37,38)39)26-18-10-5-11-19-26/h3-19,27H,20-23H2,1-2H3/b13-12-/t27-,30-,31-/m1/s1. The minimum absolute atomic E-state index is 0.0984. The molecule has 3 atom stereocenters. The number of carbonyl (C=O) groups is 2. The van der Waals surface area contributed by atoms with E-state index in [4.69, 9.17) is 14.2 Å². The van der Waals surface area contributed by atoms with Crippen LogP contribution in [0, 0.1) is 0 Å². The summed E-state index contributed by atoms with van der Waals surface area (Å²) < 4.78 is 105. The summed E-state index contributed by atoms with van der Waals surface area (Å²) in [6, 6.07) is 21.5. The van der Waals surface area contributed by atoms with Gasteiger partial charge in [0.1, 0.15) is 12.7 Å². The molecule has 0 saturated carbocycles. The smallest absolute Gasteiger partial charge is 0.432 e. The fourth-order valence-electron chi connectivity index (χ4n) is 4.75. The van der Waals surface area contributed by atoms with E-state index in [2.05, 4.69) is 4.74 Å². The molecule has 0 spiro atoms. The highest BCUT2D eigenvalue weighted by molar-refractivity contribution is 5.83. The van der Waals surface area contributed by atoms with E-state index in [-0.39, 0.29) is 12.8 Å². The number of benzene rings is 3. The van der Waals surface area contributed by atoms with Crippen LogP contribution >= 0.6 is 0 Å². The summed E-state index contributed by atoms with van der Waals surface area (Å²) in [5.74, 6) is -3.39. The molecule has 0 aliphatic carbocycles. The van der Waals surface area contributed by atoms with Gasteiger partial charge in [0.2, 0.25) is 0 Å².